The predicted octanol–water partition coefficient (Wildman–Crippen LogP) is 2.87. The predicted molar refractivity (Wildman–Crippen MR) is 80.6 cm³/mol. The number of aliphatic hydroxyl groups is 1. The van der Waals surface area contributed by atoms with Crippen LogP contribution in [0.15, 0.2) is 24.5 Å². The van der Waals surface area contributed by atoms with Gasteiger partial charge in [-0.2, -0.15) is 0 Å². The number of aromatic nitrogens is 2. The number of halogens is 1. The van der Waals surface area contributed by atoms with E-state index < -0.39 is 11.9 Å². The van der Waals surface area contributed by atoms with E-state index in [9.17, 15) is 5.11 Å². The smallest absolute Gasteiger partial charge is 0.205 e. The standard InChI is InChI=1S/C15H18N2O3.ClH/c1-9-12(17-8-16-9)13(18)11-6-4-5-10-7-19-15(2,3)20-14(10)11;/h4-6,8,13,18H,7H2,1-3H3,(H,16,17);1H. The molecule has 1 aromatic carbocycles. The van der Waals surface area contributed by atoms with Gasteiger partial charge in [-0.25, -0.2) is 4.98 Å². The average Bonchev–Trinajstić information content (AvgIpc) is 2.82. The second-order valence-corrected chi connectivity index (χ2v) is 5.44. The highest BCUT2D eigenvalue weighted by atomic mass is 35.5. The van der Waals surface area contributed by atoms with Crippen LogP contribution in [0.1, 0.15) is 42.5 Å². The first-order chi connectivity index (χ1) is 9.48. The van der Waals surface area contributed by atoms with Gasteiger partial charge in [-0.15, -0.1) is 12.4 Å². The van der Waals surface area contributed by atoms with Crippen molar-refractivity contribution in [2.75, 3.05) is 0 Å². The van der Waals surface area contributed by atoms with E-state index in [1.165, 1.54) is 0 Å². The summed E-state index contributed by atoms with van der Waals surface area (Å²) in [6.07, 6.45) is 0.766. The largest absolute Gasteiger partial charge is 0.462 e. The number of aromatic amines is 1. The van der Waals surface area contributed by atoms with Crippen molar-refractivity contribution in [2.45, 2.75) is 39.3 Å². The fourth-order valence-electron chi connectivity index (χ4n) is 2.38. The summed E-state index contributed by atoms with van der Waals surface area (Å²) in [6, 6.07) is 5.70. The topological polar surface area (TPSA) is 67.4 Å². The number of nitrogens with zero attached hydrogens (tertiary/aromatic N) is 1. The Morgan fingerprint density at radius 3 is 2.81 bits per heavy atom. The van der Waals surface area contributed by atoms with Gasteiger partial charge < -0.3 is 19.6 Å². The molecule has 0 bridgehead atoms. The molecule has 0 fully saturated rings. The molecule has 2 aromatic rings. The van der Waals surface area contributed by atoms with Crippen LogP contribution >= 0.6 is 12.4 Å². The van der Waals surface area contributed by atoms with Crippen molar-refractivity contribution in [2.24, 2.45) is 0 Å². The molecule has 1 aliphatic rings. The number of ether oxygens (including phenoxy) is 2. The van der Waals surface area contributed by atoms with Gasteiger partial charge in [0.15, 0.2) is 0 Å². The Kier molecular flexibility index (Phi) is 4.27. The number of fused-ring (bicyclic) bond motifs is 1. The first kappa shape index (κ1) is 15.8. The molecule has 1 aromatic heterocycles. The second kappa shape index (κ2) is 5.67. The molecule has 1 aliphatic heterocycles. The van der Waals surface area contributed by atoms with Crippen LogP contribution in [0.25, 0.3) is 0 Å². The van der Waals surface area contributed by atoms with E-state index in [4.69, 9.17) is 9.47 Å². The molecule has 1 unspecified atom stereocenters. The molecule has 0 spiro atoms. The van der Waals surface area contributed by atoms with Gasteiger partial charge in [0.05, 0.1) is 18.6 Å². The molecule has 2 heterocycles. The Hall–Kier alpha value is -1.56. The zero-order valence-corrected chi connectivity index (χ0v) is 13.0. The molecule has 0 amide bonds. The number of aliphatic hydroxyl groups excluding tert-OH is 1. The van der Waals surface area contributed by atoms with E-state index in [2.05, 4.69) is 9.97 Å². The number of imidazole rings is 1. The lowest BCUT2D eigenvalue weighted by molar-refractivity contribution is -0.180. The fraction of sp³-hybridized carbons (Fsp3) is 0.400. The van der Waals surface area contributed by atoms with Crippen molar-refractivity contribution >= 4 is 12.4 Å². The summed E-state index contributed by atoms with van der Waals surface area (Å²) >= 11 is 0. The number of benzene rings is 1. The number of hydrogen-bond acceptors (Lipinski definition) is 4. The second-order valence-electron chi connectivity index (χ2n) is 5.44. The summed E-state index contributed by atoms with van der Waals surface area (Å²) in [5.74, 6) is 0.00217. The quantitative estimate of drug-likeness (QED) is 0.895. The first-order valence-electron chi connectivity index (χ1n) is 6.60. The van der Waals surface area contributed by atoms with Crippen molar-refractivity contribution in [1.29, 1.82) is 0 Å². The molecule has 1 atom stereocenters. The Bertz CT molecular complexity index is 640. The number of H-pyrrole nitrogens is 1. The van der Waals surface area contributed by atoms with Crippen molar-refractivity contribution in [3.05, 3.63) is 47.0 Å². The number of aryl methyl sites for hydroxylation is 1. The minimum absolute atomic E-state index is 0. The zero-order chi connectivity index (χ0) is 14.3. The van der Waals surface area contributed by atoms with E-state index in [0.717, 1.165) is 11.3 Å². The molecule has 6 heteroatoms. The molecule has 0 aliphatic carbocycles. The minimum Gasteiger partial charge on any atom is -0.462 e. The number of para-hydroxylation sites is 1. The molecule has 21 heavy (non-hydrogen) atoms. The van der Waals surface area contributed by atoms with Crippen molar-refractivity contribution in [1.82, 2.24) is 9.97 Å². The van der Waals surface area contributed by atoms with Crippen molar-refractivity contribution in [3.63, 3.8) is 0 Å². The number of rotatable bonds is 2. The van der Waals surface area contributed by atoms with Crippen molar-refractivity contribution < 1.29 is 14.6 Å². The van der Waals surface area contributed by atoms with Crippen LogP contribution in [0, 0.1) is 6.92 Å². The lowest BCUT2D eigenvalue weighted by Gasteiger charge is -2.34. The van der Waals surface area contributed by atoms with Gasteiger partial charge in [-0.3, -0.25) is 0 Å². The highest BCUT2D eigenvalue weighted by Gasteiger charge is 2.31. The summed E-state index contributed by atoms with van der Waals surface area (Å²) in [5, 5.41) is 10.6. The van der Waals surface area contributed by atoms with Gasteiger partial charge in [0.1, 0.15) is 11.9 Å². The van der Waals surface area contributed by atoms with Crippen LogP contribution in [-0.2, 0) is 11.3 Å². The molecular weight excluding hydrogens is 292 g/mol. The van der Waals surface area contributed by atoms with Crippen LogP contribution in [0.2, 0.25) is 0 Å². The maximum Gasteiger partial charge on any atom is 0.205 e. The molecule has 3 rings (SSSR count). The van der Waals surface area contributed by atoms with Crippen LogP contribution in [0.5, 0.6) is 5.75 Å². The maximum absolute atomic E-state index is 10.6. The summed E-state index contributed by atoms with van der Waals surface area (Å²) in [4.78, 5) is 7.16. The highest BCUT2D eigenvalue weighted by molar-refractivity contribution is 5.85. The van der Waals surface area contributed by atoms with Gasteiger partial charge in [0.2, 0.25) is 5.79 Å². The van der Waals surface area contributed by atoms with Crippen LogP contribution in [0.4, 0.5) is 0 Å². The van der Waals surface area contributed by atoms with Crippen LogP contribution in [-0.4, -0.2) is 20.9 Å². The number of nitrogens with one attached hydrogen (secondary N) is 1. The Labute approximate surface area is 129 Å². The average molecular weight is 311 g/mol. The molecule has 0 saturated heterocycles. The van der Waals surface area contributed by atoms with Gasteiger partial charge in [-0.05, 0) is 6.92 Å². The molecule has 0 radical (unpaired) electrons. The van der Waals surface area contributed by atoms with Gasteiger partial charge in [-0.1, -0.05) is 18.2 Å². The van der Waals surface area contributed by atoms with E-state index in [1.807, 2.05) is 39.0 Å². The lowest BCUT2D eigenvalue weighted by Crippen LogP contribution is -2.36. The molecule has 0 saturated carbocycles. The summed E-state index contributed by atoms with van der Waals surface area (Å²) in [7, 11) is 0. The number of hydrogen-bond donors (Lipinski definition) is 2. The Morgan fingerprint density at radius 2 is 2.14 bits per heavy atom. The summed E-state index contributed by atoms with van der Waals surface area (Å²) in [5.41, 5.74) is 3.12. The monoisotopic (exact) mass is 310 g/mol. The zero-order valence-electron chi connectivity index (χ0n) is 12.2. The third-order valence-electron chi connectivity index (χ3n) is 3.47. The highest BCUT2D eigenvalue weighted by Crippen LogP contribution is 2.38. The molecular formula is C15H19ClN2O3. The normalized spacial score (nSPS) is 17.3. The molecule has 114 valence electrons. The fourth-order valence-corrected chi connectivity index (χ4v) is 2.38. The lowest BCUT2D eigenvalue weighted by atomic mass is 10.0. The Morgan fingerprint density at radius 1 is 1.38 bits per heavy atom. The first-order valence-corrected chi connectivity index (χ1v) is 6.60. The summed E-state index contributed by atoms with van der Waals surface area (Å²) < 4.78 is 11.5. The van der Waals surface area contributed by atoms with E-state index in [0.29, 0.717) is 23.6 Å². The summed E-state index contributed by atoms with van der Waals surface area (Å²) in [6.45, 7) is 6.08. The Balaban J connectivity index is 0.00000161. The maximum atomic E-state index is 10.6. The van der Waals surface area contributed by atoms with Gasteiger partial charge >= 0.3 is 0 Å². The van der Waals surface area contributed by atoms with Gasteiger partial charge in [0, 0.05) is 30.7 Å². The molecule has 5 nitrogen and oxygen atoms in total. The van der Waals surface area contributed by atoms with Gasteiger partial charge in [0.25, 0.3) is 0 Å². The third-order valence-corrected chi connectivity index (χ3v) is 3.47. The van der Waals surface area contributed by atoms with Crippen LogP contribution < -0.4 is 4.74 Å². The van der Waals surface area contributed by atoms with E-state index >= 15 is 0 Å². The van der Waals surface area contributed by atoms with E-state index in [1.54, 1.807) is 6.33 Å². The minimum atomic E-state index is -0.815. The third kappa shape index (κ3) is 2.90. The van der Waals surface area contributed by atoms with Crippen LogP contribution in [0.3, 0.4) is 0 Å². The molecule has 2 N–H and O–H groups in total. The SMILES string of the molecule is Cc1[nH]cnc1C(O)c1cccc2c1OC(C)(C)OC2.Cl. The van der Waals surface area contributed by atoms with E-state index in [-0.39, 0.29) is 12.4 Å². The van der Waals surface area contributed by atoms with Crippen molar-refractivity contribution in [3.8, 4) is 5.75 Å².